The van der Waals surface area contributed by atoms with Gasteiger partial charge < -0.3 is 9.80 Å². The van der Waals surface area contributed by atoms with Gasteiger partial charge in [-0.3, -0.25) is 10.1 Å². The summed E-state index contributed by atoms with van der Waals surface area (Å²) < 4.78 is 0.676. The van der Waals surface area contributed by atoms with Gasteiger partial charge in [0, 0.05) is 38.6 Å². The molecule has 144 valence electrons. The summed E-state index contributed by atoms with van der Waals surface area (Å²) in [6, 6.07) is 7.80. The van der Waals surface area contributed by atoms with Crippen LogP contribution in [0.1, 0.15) is 15.4 Å². The zero-order chi connectivity index (χ0) is 19.5. The smallest absolute Gasteiger partial charge is 0.270 e. The summed E-state index contributed by atoms with van der Waals surface area (Å²) in [6.07, 6.45) is 3.48. The number of aryl methyl sites for hydroxylation is 1. The molecule has 3 aromatic rings. The van der Waals surface area contributed by atoms with Crippen LogP contribution in [0.2, 0.25) is 0 Å². The highest BCUT2D eigenvalue weighted by molar-refractivity contribution is 9.11. The highest BCUT2D eigenvalue weighted by Gasteiger charge is 2.20. The molecule has 1 aliphatic rings. The maximum atomic E-state index is 12.5. The summed E-state index contributed by atoms with van der Waals surface area (Å²) in [4.78, 5) is 34.8. The van der Waals surface area contributed by atoms with Gasteiger partial charge in [0.1, 0.15) is 16.5 Å². The number of aromatic nitrogens is 4. The third-order valence-electron chi connectivity index (χ3n) is 4.42. The molecule has 0 atom stereocenters. The summed E-state index contributed by atoms with van der Waals surface area (Å²) in [5.74, 6) is 1.83. The molecule has 1 saturated heterocycles. The standard InChI is InChI=1S/C18H18BrN7OS/c1-12-15(28-17(19)22-12)16(27)24-18-21-7-5-14(23-18)26-10-8-25(9-11-26)13-4-2-3-6-20-13/h2-7H,8-11H2,1H3,(H,21,23,24,27). The van der Waals surface area contributed by atoms with E-state index >= 15 is 0 Å². The number of halogens is 1. The number of anilines is 3. The van der Waals surface area contributed by atoms with Crippen molar-refractivity contribution in [2.24, 2.45) is 0 Å². The van der Waals surface area contributed by atoms with E-state index in [0.29, 0.717) is 20.4 Å². The van der Waals surface area contributed by atoms with E-state index < -0.39 is 0 Å². The van der Waals surface area contributed by atoms with Gasteiger partial charge in [0.2, 0.25) is 5.95 Å². The van der Waals surface area contributed by atoms with Crippen LogP contribution < -0.4 is 15.1 Å². The Bertz CT molecular complexity index is 973. The van der Waals surface area contributed by atoms with Crippen molar-refractivity contribution in [2.45, 2.75) is 6.92 Å². The quantitative estimate of drug-likeness (QED) is 0.641. The lowest BCUT2D eigenvalue weighted by Gasteiger charge is -2.36. The van der Waals surface area contributed by atoms with Crippen LogP contribution in [-0.4, -0.2) is 52.0 Å². The predicted octanol–water partition coefficient (Wildman–Crippen LogP) is 2.98. The lowest BCUT2D eigenvalue weighted by molar-refractivity contribution is 0.102. The molecule has 1 fully saturated rings. The van der Waals surface area contributed by atoms with E-state index in [9.17, 15) is 4.79 Å². The second-order valence-corrected chi connectivity index (χ2v) is 8.51. The largest absolute Gasteiger partial charge is 0.353 e. The zero-order valence-electron chi connectivity index (χ0n) is 15.2. The third kappa shape index (κ3) is 4.12. The normalized spacial score (nSPS) is 14.2. The van der Waals surface area contributed by atoms with Crippen molar-refractivity contribution >= 4 is 50.8 Å². The molecule has 1 aliphatic heterocycles. The highest BCUT2D eigenvalue weighted by Crippen LogP contribution is 2.24. The Balaban J connectivity index is 1.42. The molecule has 0 radical (unpaired) electrons. The van der Waals surface area contributed by atoms with Gasteiger partial charge in [0.15, 0.2) is 3.92 Å². The van der Waals surface area contributed by atoms with Crippen molar-refractivity contribution in [3.8, 4) is 0 Å². The van der Waals surface area contributed by atoms with Gasteiger partial charge in [-0.1, -0.05) is 6.07 Å². The Hall–Kier alpha value is -2.59. The van der Waals surface area contributed by atoms with Crippen LogP contribution in [0.15, 0.2) is 40.6 Å². The molecule has 10 heteroatoms. The number of hydrogen-bond acceptors (Lipinski definition) is 8. The molecule has 28 heavy (non-hydrogen) atoms. The predicted molar refractivity (Wildman–Crippen MR) is 113 cm³/mol. The van der Waals surface area contributed by atoms with Crippen LogP contribution in [0.25, 0.3) is 0 Å². The average Bonchev–Trinajstić information content (AvgIpc) is 3.07. The minimum atomic E-state index is -0.252. The summed E-state index contributed by atoms with van der Waals surface area (Å²) in [7, 11) is 0. The number of amides is 1. The molecule has 4 heterocycles. The van der Waals surface area contributed by atoms with Gasteiger partial charge in [0.05, 0.1) is 5.69 Å². The third-order valence-corrected chi connectivity index (χ3v) is 6.03. The van der Waals surface area contributed by atoms with Gasteiger partial charge in [0.25, 0.3) is 5.91 Å². The van der Waals surface area contributed by atoms with E-state index in [0.717, 1.165) is 37.8 Å². The Labute approximate surface area is 174 Å². The fourth-order valence-electron chi connectivity index (χ4n) is 3.02. The number of rotatable bonds is 4. The van der Waals surface area contributed by atoms with Crippen LogP contribution >= 0.6 is 27.3 Å². The molecular formula is C18H18BrN7OS. The number of hydrogen-bond donors (Lipinski definition) is 1. The van der Waals surface area contributed by atoms with Crippen LogP contribution in [0, 0.1) is 6.92 Å². The molecule has 1 N–H and O–H groups in total. The van der Waals surface area contributed by atoms with Crippen LogP contribution in [0.5, 0.6) is 0 Å². The van der Waals surface area contributed by atoms with Crippen LogP contribution in [-0.2, 0) is 0 Å². The second kappa shape index (κ2) is 8.19. The summed E-state index contributed by atoms with van der Waals surface area (Å²) >= 11 is 4.59. The molecule has 0 unspecified atom stereocenters. The maximum Gasteiger partial charge on any atom is 0.270 e. The number of pyridine rings is 1. The molecular weight excluding hydrogens is 442 g/mol. The van der Waals surface area contributed by atoms with E-state index in [1.54, 1.807) is 13.1 Å². The van der Waals surface area contributed by atoms with Crippen LogP contribution in [0.4, 0.5) is 17.6 Å². The summed E-state index contributed by atoms with van der Waals surface area (Å²) in [5.41, 5.74) is 0.677. The van der Waals surface area contributed by atoms with E-state index in [4.69, 9.17) is 0 Å². The number of carbonyl (C=O) groups excluding carboxylic acids is 1. The lowest BCUT2D eigenvalue weighted by Crippen LogP contribution is -2.47. The number of piperazine rings is 1. The van der Waals surface area contributed by atoms with Gasteiger partial charge in [-0.25, -0.2) is 15.0 Å². The SMILES string of the molecule is Cc1nc(Br)sc1C(=O)Nc1nccc(N2CCN(c3ccccn3)CC2)n1. The Kier molecular flexibility index (Phi) is 5.49. The summed E-state index contributed by atoms with van der Waals surface area (Å²) in [6.45, 7) is 5.16. The van der Waals surface area contributed by atoms with Gasteiger partial charge in [-0.2, -0.15) is 4.98 Å². The topological polar surface area (TPSA) is 87.1 Å². The molecule has 0 aliphatic carbocycles. The zero-order valence-corrected chi connectivity index (χ0v) is 17.6. The fourth-order valence-corrected chi connectivity index (χ4v) is 4.46. The van der Waals surface area contributed by atoms with Crippen molar-refractivity contribution in [3.63, 3.8) is 0 Å². The summed E-state index contributed by atoms with van der Waals surface area (Å²) in [5, 5.41) is 2.77. The maximum absolute atomic E-state index is 12.5. The first-order chi connectivity index (χ1) is 13.6. The van der Waals surface area contributed by atoms with Gasteiger partial charge in [-0.05, 0) is 41.1 Å². The van der Waals surface area contributed by atoms with Crippen molar-refractivity contribution in [1.29, 1.82) is 0 Å². The number of nitrogens with zero attached hydrogens (tertiary/aromatic N) is 6. The van der Waals surface area contributed by atoms with E-state index in [2.05, 4.69) is 51.0 Å². The molecule has 0 saturated carbocycles. The number of nitrogens with one attached hydrogen (secondary N) is 1. The highest BCUT2D eigenvalue weighted by atomic mass is 79.9. The van der Waals surface area contributed by atoms with E-state index in [1.165, 1.54) is 11.3 Å². The van der Waals surface area contributed by atoms with Crippen LogP contribution in [0.3, 0.4) is 0 Å². The minimum Gasteiger partial charge on any atom is -0.353 e. The lowest BCUT2D eigenvalue weighted by atomic mass is 10.3. The Morgan fingerprint density at radius 3 is 2.43 bits per heavy atom. The van der Waals surface area contributed by atoms with E-state index in [1.807, 2.05) is 30.5 Å². The molecule has 1 amide bonds. The molecule has 0 bridgehead atoms. The molecule has 3 aromatic heterocycles. The Morgan fingerprint density at radius 2 is 1.79 bits per heavy atom. The molecule has 0 spiro atoms. The fraction of sp³-hybridized carbons (Fsp3) is 0.278. The van der Waals surface area contributed by atoms with Crippen molar-refractivity contribution in [1.82, 2.24) is 19.9 Å². The van der Waals surface area contributed by atoms with Crippen molar-refractivity contribution < 1.29 is 4.79 Å². The first kappa shape index (κ1) is 18.8. The van der Waals surface area contributed by atoms with Crippen molar-refractivity contribution in [3.05, 3.63) is 51.1 Å². The first-order valence-electron chi connectivity index (χ1n) is 8.78. The van der Waals surface area contributed by atoms with Gasteiger partial charge >= 0.3 is 0 Å². The molecule has 0 aromatic carbocycles. The van der Waals surface area contributed by atoms with Gasteiger partial charge in [-0.15, -0.1) is 11.3 Å². The number of carbonyl (C=O) groups is 1. The minimum absolute atomic E-state index is 0.252. The molecule has 4 rings (SSSR count). The first-order valence-corrected chi connectivity index (χ1v) is 10.4. The molecule has 8 nitrogen and oxygen atoms in total. The van der Waals surface area contributed by atoms with Crippen molar-refractivity contribution in [2.75, 3.05) is 41.3 Å². The second-order valence-electron chi connectivity index (χ2n) is 6.24. The monoisotopic (exact) mass is 459 g/mol. The van der Waals surface area contributed by atoms with E-state index in [-0.39, 0.29) is 5.91 Å². The average molecular weight is 460 g/mol. The number of thiazole rings is 1. The Morgan fingerprint density at radius 1 is 1.04 bits per heavy atom.